The number of hydrogen-bond donors (Lipinski definition) is 2. The lowest BCUT2D eigenvalue weighted by Crippen LogP contribution is -2.37. The number of carbonyl (C=O) groups is 1. The number of aromatic nitrogens is 4. The number of carbonyl (C=O) groups excluding carboxylic acids is 1. The van der Waals surface area contributed by atoms with E-state index in [4.69, 9.17) is 4.52 Å². The monoisotopic (exact) mass is 433 g/mol. The molecule has 0 aliphatic heterocycles. The largest absolute Gasteiger partial charge is 0.334 e. The van der Waals surface area contributed by atoms with Gasteiger partial charge in [-0.1, -0.05) is 25.1 Å². The molecule has 0 aliphatic rings. The predicted octanol–water partition coefficient (Wildman–Crippen LogP) is 3.33. The normalized spacial score (nSPS) is 11.3. The first-order chi connectivity index (χ1) is 15.2. The Labute approximate surface area is 183 Å². The van der Waals surface area contributed by atoms with Crippen LogP contribution in [0.5, 0.6) is 0 Å². The van der Waals surface area contributed by atoms with Crippen molar-refractivity contribution in [1.29, 1.82) is 0 Å². The number of H-pyrrole nitrogens is 1. The molecule has 0 saturated carbocycles. The van der Waals surface area contributed by atoms with Gasteiger partial charge in [-0.15, -0.1) is 0 Å². The van der Waals surface area contributed by atoms with Crippen LogP contribution in [0.15, 0.2) is 50.5 Å². The maximum Gasteiger partial charge on any atom is 0.316 e. The SMILES string of the molecule is CC(=O)Nc1cc(-c2nc(-c3ccc4c(c3)[nH]c(=O)c(=O)n4CC(C)C)no2)ccc1C. The summed E-state index contributed by atoms with van der Waals surface area (Å²) >= 11 is 0. The molecule has 0 bridgehead atoms. The number of hydrogen-bond acceptors (Lipinski definition) is 6. The highest BCUT2D eigenvalue weighted by Crippen LogP contribution is 2.27. The average molecular weight is 433 g/mol. The summed E-state index contributed by atoms with van der Waals surface area (Å²) in [6, 6.07) is 10.7. The summed E-state index contributed by atoms with van der Waals surface area (Å²) in [5.74, 6) is 0.669. The molecule has 164 valence electrons. The molecule has 4 aromatic rings. The van der Waals surface area contributed by atoms with Gasteiger partial charge in [0.2, 0.25) is 11.7 Å². The third-order valence-electron chi connectivity index (χ3n) is 5.00. The first-order valence-electron chi connectivity index (χ1n) is 10.2. The highest BCUT2D eigenvalue weighted by molar-refractivity contribution is 5.90. The number of anilines is 1. The standard InChI is InChI=1S/C23H23N5O4/c1-12(2)11-28-19-8-7-15(9-18(19)25-21(30)23(28)31)20-26-22(32-27-20)16-6-5-13(3)17(10-16)24-14(4)29/h5-10,12H,11H2,1-4H3,(H,24,29)(H,25,30). The number of rotatable bonds is 5. The number of aryl methyl sites for hydroxylation is 1. The van der Waals surface area contributed by atoms with Gasteiger partial charge in [0.05, 0.1) is 11.0 Å². The Kier molecular flexibility index (Phi) is 5.48. The molecule has 9 nitrogen and oxygen atoms in total. The van der Waals surface area contributed by atoms with Crippen molar-refractivity contribution in [3.05, 3.63) is 62.7 Å². The van der Waals surface area contributed by atoms with Crippen LogP contribution >= 0.6 is 0 Å². The molecule has 0 saturated heterocycles. The predicted molar refractivity (Wildman–Crippen MR) is 121 cm³/mol. The molecular formula is C23H23N5O4. The Balaban J connectivity index is 1.74. The third kappa shape index (κ3) is 4.09. The second-order valence-corrected chi connectivity index (χ2v) is 8.13. The molecule has 0 fully saturated rings. The molecule has 4 rings (SSSR count). The van der Waals surface area contributed by atoms with Crippen LogP contribution in [0.25, 0.3) is 33.9 Å². The Bertz CT molecular complexity index is 1450. The van der Waals surface area contributed by atoms with E-state index < -0.39 is 11.1 Å². The summed E-state index contributed by atoms with van der Waals surface area (Å²) in [6.45, 7) is 7.74. The number of nitrogens with one attached hydrogen (secondary N) is 2. The van der Waals surface area contributed by atoms with E-state index in [1.807, 2.05) is 32.9 Å². The van der Waals surface area contributed by atoms with Crippen molar-refractivity contribution in [1.82, 2.24) is 19.7 Å². The zero-order valence-corrected chi connectivity index (χ0v) is 18.2. The maximum absolute atomic E-state index is 12.3. The first-order valence-corrected chi connectivity index (χ1v) is 10.2. The second-order valence-electron chi connectivity index (χ2n) is 8.13. The number of amides is 1. The fourth-order valence-corrected chi connectivity index (χ4v) is 3.50. The maximum atomic E-state index is 12.3. The van der Waals surface area contributed by atoms with Gasteiger partial charge in [-0.25, -0.2) is 0 Å². The molecule has 2 heterocycles. The van der Waals surface area contributed by atoms with Gasteiger partial charge >= 0.3 is 11.1 Å². The lowest BCUT2D eigenvalue weighted by atomic mass is 10.1. The van der Waals surface area contributed by atoms with E-state index in [9.17, 15) is 14.4 Å². The molecule has 0 aliphatic carbocycles. The molecule has 0 unspecified atom stereocenters. The van der Waals surface area contributed by atoms with Crippen molar-refractivity contribution < 1.29 is 9.32 Å². The molecule has 0 spiro atoms. The van der Waals surface area contributed by atoms with E-state index in [-0.39, 0.29) is 11.8 Å². The summed E-state index contributed by atoms with van der Waals surface area (Å²) < 4.78 is 6.92. The number of nitrogens with zero attached hydrogens (tertiary/aromatic N) is 3. The second kappa shape index (κ2) is 8.26. The lowest BCUT2D eigenvalue weighted by molar-refractivity contribution is -0.114. The van der Waals surface area contributed by atoms with Crippen molar-refractivity contribution in [2.24, 2.45) is 5.92 Å². The van der Waals surface area contributed by atoms with E-state index in [0.717, 1.165) is 5.56 Å². The van der Waals surface area contributed by atoms with Crippen molar-refractivity contribution in [2.75, 3.05) is 5.32 Å². The van der Waals surface area contributed by atoms with Crippen LogP contribution in [0.1, 0.15) is 26.3 Å². The minimum atomic E-state index is -0.672. The van der Waals surface area contributed by atoms with Crippen LogP contribution < -0.4 is 16.4 Å². The lowest BCUT2D eigenvalue weighted by Gasteiger charge is -2.12. The number of benzene rings is 2. The van der Waals surface area contributed by atoms with Crippen LogP contribution in [0, 0.1) is 12.8 Å². The summed E-state index contributed by atoms with van der Waals surface area (Å²) in [5, 5.41) is 6.84. The summed E-state index contributed by atoms with van der Waals surface area (Å²) in [7, 11) is 0. The molecule has 2 aromatic carbocycles. The molecule has 2 N–H and O–H groups in total. The third-order valence-corrected chi connectivity index (χ3v) is 5.00. The Morgan fingerprint density at radius 1 is 1.16 bits per heavy atom. The van der Waals surface area contributed by atoms with E-state index in [2.05, 4.69) is 20.4 Å². The fourth-order valence-electron chi connectivity index (χ4n) is 3.50. The van der Waals surface area contributed by atoms with Crippen LogP contribution in [-0.4, -0.2) is 25.6 Å². The van der Waals surface area contributed by atoms with Gasteiger partial charge in [-0.3, -0.25) is 14.4 Å². The quantitative estimate of drug-likeness (QED) is 0.466. The molecule has 32 heavy (non-hydrogen) atoms. The van der Waals surface area contributed by atoms with Crippen molar-refractivity contribution >= 4 is 22.6 Å². The van der Waals surface area contributed by atoms with E-state index in [0.29, 0.717) is 46.1 Å². The topological polar surface area (TPSA) is 123 Å². The summed E-state index contributed by atoms with van der Waals surface area (Å²) in [6.07, 6.45) is 0. The van der Waals surface area contributed by atoms with Crippen molar-refractivity contribution in [3.8, 4) is 22.8 Å². The van der Waals surface area contributed by atoms with Gasteiger partial charge in [0.15, 0.2) is 0 Å². The average Bonchev–Trinajstić information content (AvgIpc) is 3.22. The minimum Gasteiger partial charge on any atom is -0.334 e. The fraction of sp³-hybridized carbons (Fsp3) is 0.261. The number of fused-ring (bicyclic) bond motifs is 1. The van der Waals surface area contributed by atoms with Crippen molar-refractivity contribution in [3.63, 3.8) is 0 Å². The van der Waals surface area contributed by atoms with Crippen LogP contribution in [0.4, 0.5) is 5.69 Å². The first kappa shape index (κ1) is 21.2. The highest BCUT2D eigenvalue weighted by Gasteiger charge is 2.15. The van der Waals surface area contributed by atoms with Gasteiger partial charge in [0.1, 0.15) is 0 Å². The Morgan fingerprint density at radius 3 is 2.62 bits per heavy atom. The Hall–Kier alpha value is -4.01. The zero-order valence-electron chi connectivity index (χ0n) is 18.2. The minimum absolute atomic E-state index is 0.169. The Morgan fingerprint density at radius 2 is 1.91 bits per heavy atom. The van der Waals surface area contributed by atoms with Gasteiger partial charge in [0, 0.05) is 30.3 Å². The molecular weight excluding hydrogens is 410 g/mol. The van der Waals surface area contributed by atoms with Gasteiger partial charge in [-0.2, -0.15) is 4.98 Å². The van der Waals surface area contributed by atoms with E-state index in [1.165, 1.54) is 11.5 Å². The molecule has 9 heteroatoms. The van der Waals surface area contributed by atoms with E-state index in [1.54, 1.807) is 24.3 Å². The highest BCUT2D eigenvalue weighted by atomic mass is 16.5. The zero-order chi connectivity index (χ0) is 23.0. The smallest absolute Gasteiger partial charge is 0.316 e. The van der Waals surface area contributed by atoms with E-state index >= 15 is 0 Å². The van der Waals surface area contributed by atoms with Gasteiger partial charge in [0.25, 0.3) is 5.89 Å². The summed E-state index contributed by atoms with van der Waals surface area (Å²) in [4.78, 5) is 43.0. The van der Waals surface area contributed by atoms with Crippen LogP contribution in [-0.2, 0) is 11.3 Å². The van der Waals surface area contributed by atoms with Crippen LogP contribution in [0.3, 0.4) is 0 Å². The van der Waals surface area contributed by atoms with Gasteiger partial charge < -0.3 is 19.4 Å². The molecule has 1 amide bonds. The molecule has 2 aromatic heterocycles. The molecule has 0 radical (unpaired) electrons. The van der Waals surface area contributed by atoms with Crippen LogP contribution in [0.2, 0.25) is 0 Å². The summed E-state index contributed by atoms with van der Waals surface area (Å²) in [5.41, 5.74) is 2.78. The number of aromatic amines is 1. The van der Waals surface area contributed by atoms with Gasteiger partial charge in [-0.05, 0) is 48.7 Å². The molecule has 0 atom stereocenters. The van der Waals surface area contributed by atoms with Crippen molar-refractivity contribution in [2.45, 2.75) is 34.2 Å².